The number of rotatable bonds is 0. The molecule has 1 aliphatic carbocycles. The Balaban J connectivity index is 2.62. The third-order valence-electron chi connectivity index (χ3n) is 2.84. The van der Waals surface area contributed by atoms with Gasteiger partial charge >= 0.3 is 0 Å². The lowest BCUT2D eigenvalue weighted by Gasteiger charge is -2.19. The summed E-state index contributed by atoms with van der Waals surface area (Å²) in [5.74, 6) is 0.559. The number of aryl methyl sites for hydroxylation is 1. The zero-order valence-electron chi connectivity index (χ0n) is 7.92. The summed E-state index contributed by atoms with van der Waals surface area (Å²) >= 11 is 0. The lowest BCUT2D eigenvalue weighted by Crippen LogP contribution is -2.07. The standard InChI is InChI=1S/C12H14O/c1-9-4-2-5-10-6-3-7-11(13)8-12(9)10/h3,6-9H,2,4-5H2,1H3/t9-/m1/s1. The van der Waals surface area contributed by atoms with Gasteiger partial charge in [-0.05, 0) is 48.4 Å². The highest BCUT2D eigenvalue weighted by atomic mass is 16.1. The molecule has 68 valence electrons. The van der Waals surface area contributed by atoms with Gasteiger partial charge in [0.2, 0.25) is 0 Å². The maximum absolute atomic E-state index is 11.3. The maximum atomic E-state index is 11.3. The molecule has 13 heavy (non-hydrogen) atoms. The van der Waals surface area contributed by atoms with Crippen LogP contribution in [0.1, 0.15) is 36.8 Å². The normalized spacial score (nSPS) is 20.8. The van der Waals surface area contributed by atoms with Crippen molar-refractivity contribution in [2.75, 3.05) is 0 Å². The third-order valence-corrected chi connectivity index (χ3v) is 2.84. The zero-order valence-corrected chi connectivity index (χ0v) is 7.92. The summed E-state index contributed by atoms with van der Waals surface area (Å²) in [4.78, 5) is 11.3. The smallest absolute Gasteiger partial charge is 0.178 e. The van der Waals surface area contributed by atoms with E-state index in [1.54, 1.807) is 12.1 Å². The largest absolute Gasteiger partial charge is 0.290 e. The highest BCUT2D eigenvalue weighted by Crippen LogP contribution is 2.29. The van der Waals surface area contributed by atoms with Gasteiger partial charge in [-0.2, -0.15) is 0 Å². The van der Waals surface area contributed by atoms with Crippen LogP contribution in [0.4, 0.5) is 0 Å². The zero-order chi connectivity index (χ0) is 9.26. The summed E-state index contributed by atoms with van der Waals surface area (Å²) in [6, 6.07) is 7.41. The fraction of sp³-hybridized carbons (Fsp3) is 0.417. The van der Waals surface area contributed by atoms with Gasteiger partial charge in [0.1, 0.15) is 0 Å². The van der Waals surface area contributed by atoms with Gasteiger partial charge in [0.25, 0.3) is 0 Å². The quantitative estimate of drug-likeness (QED) is 0.590. The summed E-state index contributed by atoms with van der Waals surface area (Å²) < 4.78 is 0. The van der Waals surface area contributed by atoms with Crippen molar-refractivity contribution in [3.63, 3.8) is 0 Å². The molecule has 0 N–H and O–H groups in total. The Hall–Kier alpha value is -1.11. The number of hydrogen-bond acceptors (Lipinski definition) is 1. The van der Waals surface area contributed by atoms with Crippen LogP contribution < -0.4 is 5.43 Å². The summed E-state index contributed by atoms with van der Waals surface area (Å²) in [6.45, 7) is 2.21. The molecule has 0 saturated carbocycles. The molecule has 0 heterocycles. The highest BCUT2D eigenvalue weighted by Gasteiger charge is 2.14. The van der Waals surface area contributed by atoms with Crippen molar-refractivity contribution in [2.24, 2.45) is 0 Å². The van der Waals surface area contributed by atoms with Gasteiger partial charge in [0, 0.05) is 0 Å². The van der Waals surface area contributed by atoms with Crippen LogP contribution in [0.25, 0.3) is 0 Å². The summed E-state index contributed by atoms with van der Waals surface area (Å²) in [6.07, 6.45) is 3.61. The fourth-order valence-electron chi connectivity index (χ4n) is 2.09. The summed E-state index contributed by atoms with van der Waals surface area (Å²) in [5, 5.41) is 0. The van der Waals surface area contributed by atoms with Crippen molar-refractivity contribution >= 4 is 0 Å². The molecular formula is C12H14O. The van der Waals surface area contributed by atoms with Crippen LogP contribution in [0.2, 0.25) is 0 Å². The molecule has 1 atom stereocenters. The van der Waals surface area contributed by atoms with Gasteiger partial charge in [0.15, 0.2) is 5.43 Å². The Morgan fingerprint density at radius 2 is 2.23 bits per heavy atom. The first-order valence-corrected chi connectivity index (χ1v) is 4.90. The molecule has 1 heteroatoms. The van der Waals surface area contributed by atoms with Gasteiger partial charge < -0.3 is 0 Å². The molecule has 0 saturated heterocycles. The molecular weight excluding hydrogens is 160 g/mol. The van der Waals surface area contributed by atoms with Gasteiger partial charge in [-0.1, -0.05) is 19.1 Å². The first-order chi connectivity index (χ1) is 6.27. The van der Waals surface area contributed by atoms with E-state index in [0.29, 0.717) is 5.92 Å². The van der Waals surface area contributed by atoms with Crippen LogP contribution in [0, 0.1) is 0 Å². The predicted octanol–water partition coefficient (Wildman–Crippen LogP) is 2.49. The van der Waals surface area contributed by atoms with Gasteiger partial charge in [0.05, 0.1) is 0 Å². The number of fused-ring (bicyclic) bond motifs is 1. The lowest BCUT2D eigenvalue weighted by atomic mass is 9.85. The molecule has 0 aromatic heterocycles. The molecule has 0 spiro atoms. The fourth-order valence-corrected chi connectivity index (χ4v) is 2.09. The molecule has 2 rings (SSSR count). The second-order valence-corrected chi connectivity index (χ2v) is 3.85. The maximum Gasteiger partial charge on any atom is 0.178 e. The van der Waals surface area contributed by atoms with Crippen molar-refractivity contribution in [3.05, 3.63) is 45.6 Å². The van der Waals surface area contributed by atoms with Crippen LogP contribution in [-0.4, -0.2) is 0 Å². The average Bonchev–Trinajstić information content (AvgIpc) is 2.28. The van der Waals surface area contributed by atoms with E-state index in [0.717, 1.165) is 6.42 Å². The molecule has 1 aliphatic rings. The minimum atomic E-state index is 0.134. The van der Waals surface area contributed by atoms with Gasteiger partial charge in [-0.25, -0.2) is 0 Å². The van der Waals surface area contributed by atoms with Crippen molar-refractivity contribution in [2.45, 2.75) is 32.1 Å². The van der Waals surface area contributed by atoms with Crippen molar-refractivity contribution in [1.82, 2.24) is 0 Å². The average molecular weight is 174 g/mol. The van der Waals surface area contributed by atoms with Crippen molar-refractivity contribution < 1.29 is 0 Å². The van der Waals surface area contributed by atoms with Crippen LogP contribution >= 0.6 is 0 Å². The van der Waals surface area contributed by atoms with E-state index < -0.39 is 0 Å². The minimum Gasteiger partial charge on any atom is -0.290 e. The summed E-state index contributed by atoms with van der Waals surface area (Å²) in [7, 11) is 0. The van der Waals surface area contributed by atoms with E-state index in [-0.39, 0.29) is 5.43 Å². The topological polar surface area (TPSA) is 17.1 Å². The Morgan fingerprint density at radius 1 is 1.38 bits per heavy atom. The molecule has 0 amide bonds. The van der Waals surface area contributed by atoms with Crippen LogP contribution in [0.15, 0.2) is 29.1 Å². The molecule has 0 aliphatic heterocycles. The van der Waals surface area contributed by atoms with Crippen molar-refractivity contribution in [3.8, 4) is 0 Å². The molecule has 1 aromatic rings. The van der Waals surface area contributed by atoms with E-state index in [2.05, 4.69) is 13.0 Å². The minimum absolute atomic E-state index is 0.134. The lowest BCUT2D eigenvalue weighted by molar-refractivity contribution is 0.591. The second-order valence-electron chi connectivity index (χ2n) is 3.85. The first-order valence-electron chi connectivity index (χ1n) is 4.90. The van der Waals surface area contributed by atoms with Gasteiger partial charge in [-0.15, -0.1) is 0 Å². The van der Waals surface area contributed by atoms with E-state index in [1.807, 2.05) is 6.07 Å². The molecule has 0 fully saturated rings. The molecule has 1 aromatic carbocycles. The van der Waals surface area contributed by atoms with Crippen LogP contribution in [0.3, 0.4) is 0 Å². The highest BCUT2D eigenvalue weighted by molar-refractivity contribution is 5.30. The van der Waals surface area contributed by atoms with Crippen LogP contribution in [0.5, 0.6) is 0 Å². The van der Waals surface area contributed by atoms with E-state index in [1.165, 1.54) is 24.0 Å². The van der Waals surface area contributed by atoms with Crippen LogP contribution in [-0.2, 0) is 6.42 Å². The Morgan fingerprint density at radius 3 is 3.08 bits per heavy atom. The van der Waals surface area contributed by atoms with E-state index in [4.69, 9.17) is 0 Å². The van der Waals surface area contributed by atoms with E-state index >= 15 is 0 Å². The Bertz CT molecular complexity index is 368. The number of hydrogen-bond donors (Lipinski definition) is 0. The van der Waals surface area contributed by atoms with E-state index in [9.17, 15) is 4.79 Å². The first kappa shape index (κ1) is 8.49. The second kappa shape index (κ2) is 3.33. The predicted molar refractivity (Wildman–Crippen MR) is 54.1 cm³/mol. The van der Waals surface area contributed by atoms with Crippen molar-refractivity contribution in [1.29, 1.82) is 0 Å². The SMILES string of the molecule is C[C@@H]1CCCc2cccc(=O)cc21. The molecule has 1 nitrogen and oxygen atoms in total. The van der Waals surface area contributed by atoms with Gasteiger partial charge in [-0.3, -0.25) is 4.79 Å². The Kier molecular flexibility index (Phi) is 2.17. The third kappa shape index (κ3) is 1.64. The monoisotopic (exact) mass is 174 g/mol. The Labute approximate surface area is 78.4 Å². The molecule has 0 bridgehead atoms. The molecule has 0 unspecified atom stereocenters. The molecule has 0 radical (unpaired) electrons. The summed E-state index contributed by atoms with van der Waals surface area (Å²) in [5.41, 5.74) is 2.76.